The average Bonchev–Trinajstić information content (AvgIpc) is 3.27. The maximum Gasteiger partial charge on any atom is 0.244 e. The predicted molar refractivity (Wildman–Crippen MR) is 121 cm³/mol. The van der Waals surface area contributed by atoms with E-state index in [-0.39, 0.29) is 11.9 Å². The lowest BCUT2D eigenvalue weighted by atomic mass is 10.1. The lowest BCUT2D eigenvalue weighted by Crippen LogP contribution is -2.29. The van der Waals surface area contributed by atoms with Gasteiger partial charge in [-0.2, -0.15) is 5.10 Å². The smallest absolute Gasteiger partial charge is 0.244 e. The standard InChI is InChI=1S/C24H20ClN5O/c25-19-11-13-27-21(14-19)22(15-20-8-4-5-12-26-20)29-23(31)10-9-18-16-28-30-24(18)17-6-2-1-3-7-17/h1-14,16,22H,15H2,(H,28,30)(H,29,31)/b10-9+. The monoisotopic (exact) mass is 429 g/mol. The molecule has 4 rings (SSSR count). The van der Waals surface area contributed by atoms with Gasteiger partial charge in [-0.15, -0.1) is 0 Å². The summed E-state index contributed by atoms with van der Waals surface area (Å²) >= 11 is 6.14. The fourth-order valence-electron chi connectivity index (χ4n) is 3.21. The number of benzene rings is 1. The van der Waals surface area contributed by atoms with Crippen molar-refractivity contribution in [3.05, 3.63) is 107 Å². The molecule has 0 aliphatic carbocycles. The van der Waals surface area contributed by atoms with Gasteiger partial charge >= 0.3 is 0 Å². The van der Waals surface area contributed by atoms with Crippen molar-refractivity contribution in [1.82, 2.24) is 25.5 Å². The van der Waals surface area contributed by atoms with Crippen LogP contribution in [0.3, 0.4) is 0 Å². The van der Waals surface area contributed by atoms with Gasteiger partial charge in [0.1, 0.15) is 0 Å². The van der Waals surface area contributed by atoms with Crippen LogP contribution in [0.1, 0.15) is 23.0 Å². The van der Waals surface area contributed by atoms with Crippen LogP contribution in [0.15, 0.2) is 85.3 Å². The molecule has 0 aliphatic rings. The summed E-state index contributed by atoms with van der Waals surface area (Å²) in [5.74, 6) is -0.247. The Morgan fingerprint density at radius 3 is 2.68 bits per heavy atom. The summed E-state index contributed by atoms with van der Waals surface area (Å²) < 4.78 is 0. The van der Waals surface area contributed by atoms with Crippen molar-refractivity contribution in [2.24, 2.45) is 0 Å². The number of aromatic nitrogens is 4. The number of carbonyl (C=O) groups excluding carboxylic acids is 1. The van der Waals surface area contributed by atoms with E-state index in [4.69, 9.17) is 11.6 Å². The lowest BCUT2D eigenvalue weighted by molar-refractivity contribution is -0.117. The van der Waals surface area contributed by atoms with Crippen LogP contribution < -0.4 is 5.32 Å². The van der Waals surface area contributed by atoms with E-state index >= 15 is 0 Å². The lowest BCUT2D eigenvalue weighted by Gasteiger charge is -2.17. The Hall–Kier alpha value is -3.77. The molecule has 1 aromatic carbocycles. The fraction of sp³-hybridized carbons (Fsp3) is 0.0833. The van der Waals surface area contributed by atoms with Gasteiger partial charge in [-0.05, 0) is 30.3 Å². The molecule has 0 aliphatic heterocycles. The summed E-state index contributed by atoms with van der Waals surface area (Å²) in [4.78, 5) is 21.5. The van der Waals surface area contributed by atoms with Crippen molar-refractivity contribution < 1.29 is 4.79 Å². The molecule has 31 heavy (non-hydrogen) atoms. The molecule has 3 heterocycles. The zero-order valence-corrected chi connectivity index (χ0v) is 17.3. The van der Waals surface area contributed by atoms with Crippen LogP contribution >= 0.6 is 11.6 Å². The summed E-state index contributed by atoms with van der Waals surface area (Å²) in [5.41, 5.74) is 4.19. The van der Waals surface area contributed by atoms with Gasteiger partial charge in [-0.3, -0.25) is 19.9 Å². The molecule has 0 saturated carbocycles. The van der Waals surface area contributed by atoms with Crippen molar-refractivity contribution in [1.29, 1.82) is 0 Å². The zero-order chi connectivity index (χ0) is 21.5. The normalized spacial score (nSPS) is 12.0. The molecule has 1 amide bonds. The molecule has 154 valence electrons. The molecule has 0 spiro atoms. The van der Waals surface area contributed by atoms with Gasteiger partial charge in [0.25, 0.3) is 0 Å². The van der Waals surface area contributed by atoms with Crippen molar-refractivity contribution in [2.75, 3.05) is 0 Å². The van der Waals surface area contributed by atoms with E-state index < -0.39 is 0 Å². The first-order valence-corrected chi connectivity index (χ1v) is 10.2. The molecule has 6 nitrogen and oxygen atoms in total. The topological polar surface area (TPSA) is 83.6 Å². The number of nitrogens with zero attached hydrogens (tertiary/aromatic N) is 3. The third kappa shape index (κ3) is 5.43. The van der Waals surface area contributed by atoms with Crippen molar-refractivity contribution in [3.8, 4) is 11.3 Å². The van der Waals surface area contributed by atoms with Crippen LogP contribution in [0.4, 0.5) is 0 Å². The highest BCUT2D eigenvalue weighted by Gasteiger charge is 2.17. The first-order valence-electron chi connectivity index (χ1n) is 9.78. The second-order valence-electron chi connectivity index (χ2n) is 6.89. The van der Waals surface area contributed by atoms with E-state index in [0.29, 0.717) is 17.1 Å². The number of carbonyl (C=O) groups is 1. The molecule has 1 atom stereocenters. The SMILES string of the molecule is O=C(/C=C/c1cn[nH]c1-c1ccccc1)NC(Cc1ccccn1)c1cc(Cl)ccn1. The molecule has 7 heteroatoms. The van der Waals surface area contributed by atoms with Crippen LogP contribution in [0.2, 0.25) is 5.02 Å². The number of pyridine rings is 2. The quantitative estimate of drug-likeness (QED) is 0.419. The molecule has 1 unspecified atom stereocenters. The minimum absolute atomic E-state index is 0.247. The van der Waals surface area contributed by atoms with Gasteiger partial charge in [0, 0.05) is 46.7 Å². The van der Waals surface area contributed by atoms with Crippen molar-refractivity contribution >= 4 is 23.6 Å². The summed E-state index contributed by atoms with van der Waals surface area (Å²) in [7, 11) is 0. The fourth-order valence-corrected chi connectivity index (χ4v) is 3.38. The van der Waals surface area contributed by atoms with Gasteiger partial charge in [0.05, 0.1) is 23.6 Å². The third-order valence-corrected chi connectivity index (χ3v) is 4.94. The highest BCUT2D eigenvalue weighted by Crippen LogP contribution is 2.22. The van der Waals surface area contributed by atoms with Gasteiger partial charge < -0.3 is 5.32 Å². The Morgan fingerprint density at radius 1 is 1.06 bits per heavy atom. The van der Waals surface area contributed by atoms with E-state index in [1.807, 2.05) is 48.5 Å². The van der Waals surface area contributed by atoms with Crippen LogP contribution in [0, 0.1) is 0 Å². The number of hydrogen-bond donors (Lipinski definition) is 2. The molecule has 4 aromatic rings. The predicted octanol–water partition coefficient (Wildman–Crippen LogP) is 4.63. The summed E-state index contributed by atoms with van der Waals surface area (Å²) in [5, 5.41) is 10.7. The first-order chi connectivity index (χ1) is 15.2. The van der Waals surface area contributed by atoms with Crippen LogP contribution in [0.25, 0.3) is 17.3 Å². The van der Waals surface area contributed by atoms with Crippen molar-refractivity contribution in [2.45, 2.75) is 12.5 Å². The molecule has 0 bridgehead atoms. The minimum Gasteiger partial charge on any atom is -0.344 e. The Morgan fingerprint density at radius 2 is 1.90 bits per heavy atom. The minimum atomic E-state index is -0.372. The number of halogens is 1. The highest BCUT2D eigenvalue weighted by molar-refractivity contribution is 6.30. The van der Waals surface area contributed by atoms with Gasteiger partial charge in [0.2, 0.25) is 5.91 Å². The van der Waals surface area contributed by atoms with Crippen LogP contribution in [-0.4, -0.2) is 26.1 Å². The highest BCUT2D eigenvalue weighted by atomic mass is 35.5. The Kier molecular flexibility index (Phi) is 6.50. The average molecular weight is 430 g/mol. The molecule has 2 N–H and O–H groups in total. The van der Waals surface area contributed by atoms with Gasteiger partial charge in [-0.1, -0.05) is 48.0 Å². The number of H-pyrrole nitrogens is 1. The zero-order valence-electron chi connectivity index (χ0n) is 16.6. The Bertz CT molecular complexity index is 1170. The summed E-state index contributed by atoms with van der Waals surface area (Å²) in [6.07, 6.45) is 8.77. The maximum absolute atomic E-state index is 12.7. The summed E-state index contributed by atoms with van der Waals surface area (Å²) in [6.45, 7) is 0. The third-order valence-electron chi connectivity index (χ3n) is 4.70. The molecule has 0 fully saturated rings. The summed E-state index contributed by atoms with van der Waals surface area (Å²) in [6, 6.07) is 18.6. The van der Waals surface area contributed by atoms with Gasteiger partial charge in [-0.25, -0.2) is 0 Å². The van der Waals surface area contributed by atoms with Gasteiger partial charge in [0.15, 0.2) is 0 Å². The van der Waals surface area contributed by atoms with E-state index in [1.54, 1.807) is 36.8 Å². The van der Waals surface area contributed by atoms with E-state index in [9.17, 15) is 4.79 Å². The number of aromatic amines is 1. The number of nitrogens with one attached hydrogen (secondary N) is 2. The molecule has 0 saturated heterocycles. The number of amides is 1. The van der Waals surface area contributed by atoms with Crippen LogP contribution in [-0.2, 0) is 11.2 Å². The van der Waals surface area contributed by atoms with Crippen LogP contribution in [0.5, 0.6) is 0 Å². The second kappa shape index (κ2) is 9.82. The first kappa shape index (κ1) is 20.5. The molecule has 0 radical (unpaired) electrons. The van der Waals surface area contributed by atoms with E-state index in [2.05, 4.69) is 25.5 Å². The largest absolute Gasteiger partial charge is 0.344 e. The Balaban J connectivity index is 1.52. The van der Waals surface area contributed by atoms with Crippen molar-refractivity contribution in [3.63, 3.8) is 0 Å². The second-order valence-corrected chi connectivity index (χ2v) is 7.32. The maximum atomic E-state index is 12.7. The van der Waals surface area contributed by atoms with E-state index in [1.165, 1.54) is 6.08 Å². The molecule has 3 aromatic heterocycles. The number of rotatable bonds is 7. The van der Waals surface area contributed by atoms with E-state index in [0.717, 1.165) is 22.5 Å². The number of hydrogen-bond acceptors (Lipinski definition) is 4. The molecular formula is C24H20ClN5O. The molecular weight excluding hydrogens is 410 g/mol. The Labute approximate surface area is 185 Å².